The summed E-state index contributed by atoms with van der Waals surface area (Å²) in [6, 6.07) is 15.7. The zero-order valence-corrected chi connectivity index (χ0v) is 15.9. The van der Waals surface area contributed by atoms with Crippen molar-refractivity contribution in [2.75, 3.05) is 10.2 Å². The van der Waals surface area contributed by atoms with E-state index in [-0.39, 0.29) is 17.9 Å². The second kappa shape index (κ2) is 6.94. The molecule has 2 amide bonds. The third kappa shape index (κ3) is 3.12. The molecule has 0 radical (unpaired) electrons. The van der Waals surface area contributed by atoms with Gasteiger partial charge in [-0.3, -0.25) is 9.59 Å². The summed E-state index contributed by atoms with van der Waals surface area (Å²) in [6.45, 7) is 7.47. The fraction of sp³-hybridized carbons (Fsp3) is 0.364. The fourth-order valence-electron chi connectivity index (χ4n) is 3.50. The molecule has 1 N–H and O–H groups in total. The van der Waals surface area contributed by atoms with Gasteiger partial charge in [-0.1, -0.05) is 43.3 Å². The van der Waals surface area contributed by atoms with Crippen LogP contribution in [0.4, 0.5) is 11.4 Å². The summed E-state index contributed by atoms with van der Waals surface area (Å²) in [5.74, 6) is -0.443. The number of nitrogens with one attached hydrogen (secondary N) is 1. The van der Waals surface area contributed by atoms with E-state index < -0.39 is 5.41 Å². The number of carbonyl (C=O) groups excluding carboxylic acids is 2. The van der Waals surface area contributed by atoms with Gasteiger partial charge in [0.05, 0.1) is 0 Å². The highest BCUT2D eigenvalue weighted by molar-refractivity contribution is 6.15. The summed E-state index contributed by atoms with van der Waals surface area (Å²) in [6.07, 6.45) is 1.64. The van der Waals surface area contributed by atoms with Crippen molar-refractivity contribution < 1.29 is 9.59 Å². The zero-order valence-electron chi connectivity index (χ0n) is 15.9. The lowest BCUT2D eigenvalue weighted by Crippen LogP contribution is -2.49. The molecule has 3 rings (SSSR count). The molecule has 4 heteroatoms. The van der Waals surface area contributed by atoms with Gasteiger partial charge in [-0.2, -0.15) is 0 Å². The number of para-hydroxylation sites is 2. The Balaban J connectivity index is 1.85. The van der Waals surface area contributed by atoms with Crippen molar-refractivity contribution in [3.63, 3.8) is 0 Å². The Morgan fingerprint density at radius 3 is 2.50 bits per heavy atom. The number of anilines is 2. The molecule has 1 aliphatic rings. The lowest BCUT2D eigenvalue weighted by molar-refractivity contribution is -0.136. The number of fused-ring (bicyclic) bond motifs is 1. The Labute approximate surface area is 155 Å². The van der Waals surface area contributed by atoms with Gasteiger partial charge in [0.2, 0.25) is 11.8 Å². The Morgan fingerprint density at radius 2 is 1.77 bits per heavy atom. The van der Waals surface area contributed by atoms with Crippen molar-refractivity contribution in [2.24, 2.45) is 5.41 Å². The van der Waals surface area contributed by atoms with Crippen LogP contribution >= 0.6 is 0 Å². The average Bonchev–Trinajstić information content (AvgIpc) is 2.97. The molecule has 1 unspecified atom stereocenters. The van der Waals surface area contributed by atoms with Crippen LogP contribution in [0.5, 0.6) is 0 Å². The maximum absolute atomic E-state index is 13.3. The first-order valence-corrected chi connectivity index (χ1v) is 9.17. The van der Waals surface area contributed by atoms with E-state index in [1.165, 1.54) is 0 Å². The SMILES string of the molecule is CCc1ccccc1NC(=O)C(C)(C)C(=O)N1c2ccccc2CC1C. The van der Waals surface area contributed by atoms with Gasteiger partial charge in [-0.25, -0.2) is 0 Å². The van der Waals surface area contributed by atoms with E-state index in [1.54, 1.807) is 18.7 Å². The predicted molar refractivity (Wildman–Crippen MR) is 105 cm³/mol. The number of rotatable bonds is 4. The summed E-state index contributed by atoms with van der Waals surface area (Å²) in [7, 11) is 0. The predicted octanol–water partition coefficient (Wildman–Crippen LogP) is 4.19. The van der Waals surface area contributed by atoms with E-state index in [4.69, 9.17) is 0 Å². The van der Waals surface area contributed by atoms with Crippen LogP contribution < -0.4 is 10.2 Å². The standard InChI is InChI=1S/C22H26N2O2/c1-5-16-10-6-8-12-18(16)23-20(25)22(3,4)21(26)24-15(2)14-17-11-7-9-13-19(17)24/h6-13,15H,5,14H2,1-4H3,(H,23,25). The third-order valence-electron chi connectivity index (χ3n) is 5.17. The molecule has 1 heterocycles. The highest BCUT2D eigenvalue weighted by atomic mass is 16.2. The van der Waals surface area contributed by atoms with Gasteiger partial charge in [0.1, 0.15) is 5.41 Å². The topological polar surface area (TPSA) is 49.4 Å². The number of amides is 2. The summed E-state index contributed by atoms with van der Waals surface area (Å²) in [5, 5.41) is 2.96. The number of benzene rings is 2. The highest BCUT2D eigenvalue weighted by Gasteiger charge is 2.43. The first-order valence-electron chi connectivity index (χ1n) is 9.17. The number of hydrogen-bond acceptors (Lipinski definition) is 2. The number of hydrogen-bond donors (Lipinski definition) is 1. The minimum atomic E-state index is -1.16. The molecule has 0 saturated heterocycles. The molecule has 2 aromatic carbocycles. The maximum atomic E-state index is 13.3. The molecule has 0 fully saturated rings. The van der Waals surface area contributed by atoms with Gasteiger partial charge in [-0.15, -0.1) is 0 Å². The number of carbonyl (C=O) groups is 2. The summed E-state index contributed by atoms with van der Waals surface area (Å²) in [4.78, 5) is 28.0. The van der Waals surface area contributed by atoms with Gasteiger partial charge >= 0.3 is 0 Å². The zero-order chi connectivity index (χ0) is 18.9. The second-order valence-corrected chi connectivity index (χ2v) is 7.45. The first-order chi connectivity index (χ1) is 12.4. The molecule has 2 aromatic rings. The molecule has 136 valence electrons. The van der Waals surface area contributed by atoms with Crippen molar-refractivity contribution in [3.05, 3.63) is 59.7 Å². The third-order valence-corrected chi connectivity index (χ3v) is 5.17. The monoisotopic (exact) mass is 350 g/mol. The van der Waals surface area contributed by atoms with Crippen LogP contribution in [0.3, 0.4) is 0 Å². The van der Waals surface area contributed by atoms with E-state index >= 15 is 0 Å². The molecule has 0 spiro atoms. The first kappa shape index (κ1) is 18.2. The van der Waals surface area contributed by atoms with Gasteiger partial charge < -0.3 is 10.2 Å². The molecular formula is C22H26N2O2. The van der Waals surface area contributed by atoms with Crippen LogP contribution in [-0.2, 0) is 22.4 Å². The van der Waals surface area contributed by atoms with E-state index in [1.807, 2.05) is 62.4 Å². The van der Waals surface area contributed by atoms with Crippen molar-refractivity contribution in [1.82, 2.24) is 0 Å². The summed E-state index contributed by atoms with van der Waals surface area (Å²) in [5.41, 5.74) is 2.74. The Bertz CT molecular complexity index is 842. The van der Waals surface area contributed by atoms with Crippen LogP contribution in [0.1, 0.15) is 38.8 Å². The summed E-state index contributed by atoms with van der Waals surface area (Å²) >= 11 is 0. The van der Waals surface area contributed by atoms with E-state index in [0.717, 1.165) is 35.3 Å². The van der Waals surface area contributed by atoms with Gasteiger partial charge in [0.15, 0.2) is 0 Å². The molecular weight excluding hydrogens is 324 g/mol. The van der Waals surface area contributed by atoms with E-state index in [2.05, 4.69) is 5.32 Å². The second-order valence-electron chi connectivity index (χ2n) is 7.45. The Hall–Kier alpha value is -2.62. The molecule has 0 bridgehead atoms. The molecule has 4 nitrogen and oxygen atoms in total. The minimum absolute atomic E-state index is 0.0508. The van der Waals surface area contributed by atoms with Crippen molar-refractivity contribution in [1.29, 1.82) is 0 Å². The van der Waals surface area contributed by atoms with Crippen molar-refractivity contribution in [2.45, 2.75) is 46.6 Å². The maximum Gasteiger partial charge on any atom is 0.242 e. The quantitative estimate of drug-likeness (QED) is 0.841. The largest absolute Gasteiger partial charge is 0.325 e. The van der Waals surface area contributed by atoms with Crippen LogP contribution in [-0.4, -0.2) is 17.9 Å². The van der Waals surface area contributed by atoms with Crippen molar-refractivity contribution >= 4 is 23.2 Å². The lowest BCUT2D eigenvalue weighted by Gasteiger charge is -2.31. The normalized spacial score (nSPS) is 16.3. The van der Waals surface area contributed by atoms with Crippen LogP contribution in [0.2, 0.25) is 0 Å². The molecule has 26 heavy (non-hydrogen) atoms. The number of nitrogens with zero attached hydrogens (tertiary/aromatic N) is 1. The van der Waals surface area contributed by atoms with Gasteiger partial charge in [0.25, 0.3) is 0 Å². The molecule has 1 aliphatic heterocycles. The smallest absolute Gasteiger partial charge is 0.242 e. The average molecular weight is 350 g/mol. The highest BCUT2D eigenvalue weighted by Crippen LogP contribution is 2.36. The Morgan fingerprint density at radius 1 is 1.12 bits per heavy atom. The number of aryl methyl sites for hydroxylation is 1. The van der Waals surface area contributed by atoms with E-state index in [0.29, 0.717) is 0 Å². The fourth-order valence-corrected chi connectivity index (χ4v) is 3.50. The van der Waals surface area contributed by atoms with E-state index in [9.17, 15) is 9.59 Å². The van der Waals surface area contributed by atoms with Crippen LogP contribution in [0, 0.1) is 5.41 Å². The lowest BCUT2D eigenvalue weighted by atomic mass is 9.89. The van der Waals surface area contributed by atoms with Crippen LogP contribution in [0.15, 0.2) is 48.5 Å². The molecule has 0 aliphatic carbocycles. The summed E-state index contributed by atoms with van der Waals surface area (Å²) < 4.78 is 0. The van der Waals surface area contributed by atoms with Crippen LogP contribution in [0.25, 0.3) is 0 Å². The molecule has 1 atom stereocenters. The molecule has 0 saturated carbocycles. The Kier molecular flexibility index (Phi) is 4.86. The van der Waals surface area contributed by atoms with Crippen molar-refractivity contribution in [3.8, 4) is 0 Å². The molecule has 0 aromatic heterocycles. The van der Waals surface area contributed by atoms with Gasteiger partial charge in [-0.05, 0) is 56.9 Å². The minimum Gasteiger partial charge on any atom is -0.325 e. The van der Waals surface area contributed by atoms with Gasteiger partial charge in [0, 0.05) is 17.4 Å².